The Morgan fingerprint density at radius 1 is 0.968 bits per heavy atom. The van der Waals surface area contributed by atoms with Crippen molar-refractivity contribution in [1.29, 1.82) is 0 Å². The van der Waals surface area contributed by atoms with Gasteiger partial charge >= 0.3 is 5.97 Å². The lowest BCUT2D eigenvalue weighted by atomic mass is 9.97. The molecule has 1 aromatic rings. The third-order valence-electron chi connectivity index (χ3n) is 6.52. The fourth-order valence-electron chi connectivity index (χ4n) is 4.68. The van der Waals surface area contributed by atoms with Crippen LogP contribution >= 0.6 is 0 Å². The number of piperidine rings is 2. The fourth-order valence-corrected chi connectivity index (χ4v) is 4.68. The molecule has 0 atom stereocenters. The van der Waals surface area contributed by atoms with Crippen molar-refractivity contribution < 1.29 is 19.1 Å². The number of hydrogen-bond donors (Lipinski definition) is 0. The summed E-state index contributed by atoms with van der Waals surface area (Å²) in [6, 6.07) is 9.74. The number of carbonyl (C=O) groups is 3. The molecule has 2 amide bonds. The first kappa shape index (κ1) is 23.3. The van der Waals surface area contributed by atoms with Gasteiger partial charge in [0.2, 0.25) is 5.91 Å². The molecule has 2 aliphatic rings. The fraction of sp³-hybridized carbons (Fsp3) is 0.625. The van der Waals surface area contributed by atoms with Crippen molar-refractivity contribution in [1.82, 2.24) is 14.7 Å². The van der Waals surface area contributed by atoms with E-state index in [-0.39, 0.29) is 23.7 Å². The van der Waals surface area contributed by atoms with E-state index in [1.807, 2.05) is 40.1 Å². The number of rotatable bonds is 7. The Morgan fingerprint density at radius 3 is 2.16 bits per heavy atom. The van der Waals surface area contributed by atoms with E-state index < -0.39 is 0 Å². The molecule has 7 heteroatoms. The van der Waals surface area contributed by atoms with Crippen molar-refractivity contribution in [3.05, 3.63) is 35.9 Å². The van der Waals surface area contributed by atoms with Crippen molar-refractivity contribution in [2.75, 3.05) is 46.4 Å². The van der Waals surface area contributed by atoms with Crippen LogP contribution in [-0.2, 0) is 14.3 Å². The molecular weight excluding hydrogens is 394 g/mol. The van der Waals surface area contributed by atoms with Gasteiger partial charge in [0.05, 0.1) is 19.6 Å². The molecule has 2 aliphatic heterocycles. The molecule has 0 aliphatic carbocycles. The van der Waals surface area contributed by atoms with E-state index in [1.165, 1.54) is 7.11 Å². The van der Waals surface area contributed by atoms with Crippen LogP contribution in [0.4, 0.5) is 0 Å². The van der Waals surface area contributed by atoms with Gasteiger partial charge in [-0.3, -0.25) is 19.3 Å². The first-order valence-electron chi connectivity index (χ1n) is 11.5. The van der Waals surface area contributed by atoms with Gasteiger partial charge in [-0.25, -0.2) is 0 Å². The summed E-state index contributed by atoms with van der Waals surface area (Å²) >= 11 is 0. The van der Waals surface area contributed by atoms with Gasteiger partial charge in [0.25, 0.3) is 5.91 Å². The Hall–Kier alpha value is -2.41. The minimum absolute atomic E-state index is 0.0886. The summed E-state index contributed by atoms with van der Waals surface area (Å²) in [6.45, 7) is 6.09. The van der Waals surface area contributed by atoms with Crippen molar-refractivity contribution in [3.8, 4) is 0 Å². The van der Waals surface area contributed by atoms with Gasteiger partial charge < -0.3 is 14.5 Å². The Bertz CT molecular complexity index is 738. The standard InChI is InChI=1S/C24H35N3O4/c1-3-13-27(18-22(28)25-14-9-20(10-15-25)24(30)31-2)21-11-16-26(17-12-21)23(29)19-7-5-4-6-8-19/h4-8,20-21H,3,9-18H2,1-2H3. The maximum atomic E-state index is 12.9. The van der Waals surface area contributed by atoms with E-state index in [9.17, 15) is 14.4 Å². The average molecular weight is 430 g/mol. The molecule has 2 fully saturated rings. The molecule has 0 saturated carbocycles. The van der Waals surface area contributed by atoms with E-state index in [1.54, 1.807) is 0 Å². The molecule has 31 heavy (non-hydrogen) atoms. The van der Waals surface area contributed by atoms with Gasteiger partial charge in [-0.2, -0.15) is 0 Å². The van der Waals surface area contributed by atoms with Crippen LogP contribution in [0.5, 0.6) is 0 Å². The van der Waals surface area contributed by atoms with E-state index >= 15 is 0 Å². The number of esters is 1. The number of methoxy groups -OCH3 is 1. The monoisotopic (exact) mass is 429 g/mol. The quantitative estimate of drug-likeness (QED) is 0.623. The lowest BCUT2D eigenvalue weighted by Gasteiger charge is -2.39. The zero-order chi connectivity index (χ0) is 22.2. The summed E-state index contributed by atoms with van der Waals surface area (Å²) in [7, 11) is 1.42. The molecule has 1 aromatic carbocycles. The summed E-state index contributed by atoms with van der Waals surface area (Å²) in [5.74, 6) is -0.0333. The molecule has 0 spiro atoms. The molecule has 2 saturated heterocycles. The van der Waals surface area contributed by atoms with E-state index in [4.69, 9.17) is 4.74 Å². The number of likely N-dealkylation sites (tertiary alicyclic amines) is 2. The number of carbonyl (C=O) groups excluding carboxylic acids is 3. The third kappa shape index (κ3) is 6.06. The van der Waals surface area contributed by atoms with Crippen LogP contribution in [0.1, 0.15) is 49.4 Å². The molecule has 3 rings (SSSR count). The zero-order valence-electron chi connectivity index (χ0n) is 18.8. The highest BCUT2D eigenvalue weighted by Crippen LogP contribution is 2.21. The lowest BCUT2D eigenvalue weighted by Crippen LogP contribution is -2.51. The molecule has 0 unspecified atom stereocenters. The van der Waals surface area contributed by atoms with Crippen LogP contribution in [-0.4, -0.2) is 84.9 Å². The number of nitrogens with zero attached hydrogens (tertiary/aromatic N) is 3. The van der Waals surface area contributed by atoms with Crippen molar-refractivity contribution >= 4 is 17.8 Å². The Balaban J connectivity index is 1.50. The largest absolute Gasteiger partial charge is 0.469 e. The molecule has 0 aromatic heterocycles. The normalized spacial score (nSPS) is 18.3. The number of amides is 2. The first-order valence-corrected chi connectivity index (χ1v) is 11.5. The van der Waals surface area contributed by atoms with Crippen LogP contribution < -0.4 is 0 Å². The molecular formula is C24H35N3O4. The van der Waals surface area contributed by atoms with E-state index in [0.717, 1.165) is 44.5 Å². The minimum Gasteiger partial charge on any atom is -0.469 e. The zero-order valence-corrected chi connectivity index (χ0v) is 18.8. The summed E-state index contributed by atoms with van der Waals surface area (Å²) in [4.78, 5) is 43.5. The summed E-state index contributed by atoms with van der Waals surface area (Å²) in [5, 5.41) is 0. The molecule has 170 valence electrons. The summed E-state index contributed by atoms with van der Waals surface area (Å²) in [6.07, 6.45) is 4.10. The van der Waals surface area contributed by atoms with Gasteiger partial charge in [-0.05, 0) is 50.8 Å². The predicted molar refractivity (Wildman–Crippen MR) is 119 cm³/mol. The average Bonchev–Trinajstić information content (AvgIpc) is 2.83. The van der Waals surface area contributed by atoms with Crippen molar-refractivity contribution in [2.24, 2.45) is 5.92 Å². The van der Waals surface area contributed by atoms with Gasteiger partial charge in [0.1, 0.15) is 0 Å². The maximum Gasteiger partial charge on any atom is 0.308 e. The molecule has 0 radical (unpaired) electrons. The number of ether oxygens (including phenoxy) is 1. The van der Waals surface area contributed by atoms with Crippen LogP contribution in [0.2, 0.25) is 0 Å². The Kier molecular flexibility index (Phi) is 8.46. The Morgan fingerprint density at radius 2 is 1.58 bits per heavy atom. The highest BCUT2D eigenvalue weighted by Gasteiger charge is 2.31. The second-order valence-electron chi connectivity index (χ2n) is 8.54. The molecule has 2 heterocycles. The highest BCUT2D eigenvalue weighted by molar-refractivity contribution is 5.94. The van der Waals surface area contributed by atoms with Crippen molar-refractivity contribution in [2.45, 2.75) is 45.1 Å². The number of hydrogen-bond acceptors (Lipinski definition) is 5. The van der Waals surface area contributed by atoms with Crippen LogP contribution in [0.15, 0.2) is 30.3 Å². The number of benzene rings is 1. The summed E-state index contributed by atoms with van der Waals surface area (Å²) in [5.41, 5.74) is 0.733. The topological polar surface area (TPSA) is 70.2 Å². The van der Waals surface area contributed by atoms with Gasteiger partial charge in [-0.1, -0.05) is 25.1 Å². The Labute approximate surface area is 185 Å². The lowest BCUT2D eigenvalue weighted by molar-refractivity contribution is -0.149. The van der Waals surface area contributed by atoms with Gasteiger partial charge in [0.15, 0.2) is 0 Å². The molecule has 7 nitrogen and oxygen atoms in total. The molecule has 0 bridgehead atoms. The van der Waals surface area contributed by atoms with Crippen LogP contribution in [0.25, 0.3) is 0 Å². The summed E-state index contributed by atoms with van der Waals surface area (Å²) < 4.78 is 4.84. The van der Waals surface area contributed by atoms with Gasteiger partial charge in [0, 0.05) is 37.8 Å². The van der Waals surface area contributed by atoms with Gasteiger partial charge in [-0.15, -0.1) is 0 Å². The van der Waals surface area contributed by atoms with E-state index in [2.05, 4.69) is 11.8 Å². The second-order valence-corrected chi connectivity index (χ2v) is 8.54. The van der Waals surface area contributed by atoms with Crippen LogP contribution in [0, 0.1) is 5.92 Å². The second kappa shape index (κ2) is 11.3. The van der Waals surface area contributed by atoms with E-state index in [0.29, 0.717) is 38.5 Å². The smallest absolute Gasteiger partial charge is 0.308 e. The maximum absolute atomic E-state index is 12.9. The molecule has 0 N–H and O–H groups in total. The predicted octanol–water partition coefficient (Wildman–Crippen LogP) is 2.41. The highest BCUT2D eigenvalue weighted by atomic mass is 16.5. The first-order chi connectivity index (χ1) is 15.0. The SMILES string of the molecule is CCCN(CC(=O)N1CCC(C(=O)OC)CC1)C1CCN(C(=O)c2ccccc2)CC1. The minimum atomic E-state index is -0.170. The van der Waals surface area contributed by atoms with Crippen molar-refractivity contribution in [3.63, 3.8) is 0 Å². The van der Waals surface area contributed by atoms with Crippen LogP contribution in [0.3, 0.4) is 0 Å². The third-order valence-corrected chi connectivity index (χ3v) is 6.52.